The number of aryl methyl sites for hydroxylation is 1. The number of hydrogen-bond acceptors (Lipinski definition) is 1. The number of rotatable bonds is 3. The SMILES string of the molecule is O=CCCc1ccc2c(c1)C=CC2. The molecule has 0 saturated carbocycles. The molecule has 0 heterocycles. The fourth-order valence-corrected chi connectivity index (χ4v) is 1.68. The fourth-order valence-electron chi connectivity index (χ4n) is 1.68. The highest BCUT2D eigenvalue weighted by Crippen LogP contribution is 2.20. The van der Waals surface area contributed by atoms with Crippen LogP contribution in [0.25, 0.3) is 6.08 Å². The van der Waals surface area contributed by atoms with Crippen molar-refractivity contribution in [2.75, 3.05) is 0 Å². The molecule has 0 fully saturated rings. The van der Waals surface area contributed by atoms with Crippen molar-refractivity contribution in [3.63, 3.8) is 0 Å². The summed E-state index contributed by atoms with van der Waals surface area (Å²) in [5.74, 6) is 0. The lowest BCUT2D eigenvalue weighted by Gasteiger charge is -2.02. The summed E-state index contributed by atoms with van der Waals surface area (Å²) in [6.45, 7) is 0. The summed E-state index contributed by atoms with van der Waals surface area (Å²) in [7, 11) is 0. The quantitative estimate of drug-likeness (QED) is 0.640. The highest BCUT2D eigenvalue weighted by molar-refractivity contribution is 5.61. The Morgan fingerprint density at radius 2 is 2.31 bits per heavy atom. The lowest BCUT2D eigenvalue weighted by Crippen LogP contribution is -1.89. The van der Waals surface area contributed by atoms with Gasteiger partial charge in [-0.05, 0) is 29.5 Å². The molecule has 1 aliphatic carbocycles. The van der Waals surface area contributed by atoms with E-state index in [1.165, 1.54) is 16.7 Å². The second-order valence-corrected chi connectivity index (χ2v) is 3.35. The van der Waals surface area contributed by atoms with Crippen LogP contribution < -0.4 is 0 Å². The Balaban J connectivity index is 2.20. The van der Waals surface area contributed by atoms with Gasteiger partial charge < -0.3 is 4.79 Å². The molecule has 1 heteroatoms. The molecule has 0 spiro atoms. The molecule has 13 heavy (non-hydrogen) atoms. The van der Waals surface area contributed by atoms with Crippen molar-refractivity contribution in [3.8, 4) is 0 Å². The maximum Gasteiger partial charge on any atom is 0.120 e. The molecule has 1 aliphatic rings. The zero-order chi connectivity index (χ0) is 9.10. The van der Waals surface area contributed by atoms with Gasteiger partial charge in [-0.1, -0.05) is 30.4 Å². The number of carbonyl (C=O) groups is 1. The Hall–Kier alpha value is -1.37. The molecule has 1 aromatic carbocycles. The first-order chi connectivity index (χ1) is 6.40. The molecule has 0 atom stereocenters. The lowest BCUT2D eigenvalue weighted by molar-refractivity contribution is -0.107. The number of allylic oxidation sites excluding steroid dienone is 1. The van der Waals surface area contributed by atoms with Gasteiger partial charge in [0, 0.05) is 6.42 Å². The fraction of sp³-hybridized carbons (Fsp3) is 0.250. The molecule has 0 radical (unpaired) electrons. The minimum Gasteiger partial charge on any atom is -0.303 e. The lowest BCUT2D eigenvalue weighted by atomic mass is 10.0. The number of aldehydes is 1. The van der Waals surface area contributed by atoms with Crippen molar-refractivity contribution in [2.24, 2.45) is 0 Å². The van der Waals surface area contributed by atoms with Gasteiger partial charge in [0.1, 0.15) is 6.29 Å². The van der Waals surface area contributed by atoms with Gasteiger partial charge in [0.25, 0.3) is 0 Å². The van der Waals surface area contributed by atoms with Crippen LogP contribution in [0.2, 0.25) is 0 Å². The zero-order valence-electron chi connectivity index (χ0n) is 7.49. The first kappa shape index (κ1) is 8.24. The van der Waals surface area contributed by atoms with Gasteiger partial charge in [0.05, 0.1) is 0 Å². The molecule has 66 valence electrons. The third-order valence-electron chi connectivity index (χ3n) is 2.40. The summed E-state index contributed by atoms with van der Waals surface area (Å²) in [5.41, 5.74) is 3.98. The van der Waals surface area contributed by atoms with E-state index in [0.29, 0.717) is 6.42 Å². The van der Waals surface area contributed by atoms with E-state index < -0.39 is 0 Å². The number of carbonyl (C=O) groups excluding carboxylic acids is 1. The van der Waals surface area contributed by atoms with Crippen LogP contribution in [0.15, 0.2) is 24.3 Å². The first-order valence-electron chi connectivity index (χ1n) is 4.62. The molecule has 0 saturated heterocycles. The van der Waals surface area contributed by atoms with E-state index in [9.17, 15) is 4.79 Å². The van der Waals surface area contributed by atoms with Crippen LogP contribution in [0.5, 0.6) is 0 Å². The largest absolute Gasteiger partial charge is 0.303 e. The molecule has 0 N–H and O–H groups in total. The van der Waals surface area contributed by atoms with Gasteiger partial charge in [-0.15, -0.1) is 0 Å². The molecule has 1 aromatic rings. The van der Waals surface area contributed by atoms with E-state index in [2.05, 4.69) is 30.4 Å². The highest BCUT2D eigenvalue weighted by Gasteiger charge is 2.04. The van der Waals surface area contributed by atoms with Gasteiger partial charge in [0.15, 0.2) is 0 Å². The minimum atomic E-state index is 0.627. The molecular formula is C12H12O. The Morgan fingerprint density at radius 3 is 3.15 bits per heavy atom. The predicted molar refractivity (Wildman–Crippen MR) is 53.6 cm³/mol. The number of benzene rings is 1. The van der Waals surface area contributed by atoms with Crippen LogP contribution in [0.4, 0.5) is 0 Å². The van der Waals surface area contributed by atoms with E-state index in [1.54, 1.807) is 0 Å². The Labute approximate surface area is 78.1 Å². The van der Waals surface area contributed by atoms with Crippen molar-refractivity contribution in [1.82, 2.24) is 0 Å². The van der Waals surface area contributed by atoms with Crippen LogP contribution in [0.1, 0.15) is 23.1 Å². The topological polar surface area (TPSA) is 17.1 Å². The molecule has 1 nitrogen and oxygen atoms in total. The van der Waals surface area contributed by atoms with Crippen molar-refractivity contribution in [2.45, 2.75) is 19.3 Å². The molecule has 0 unspecified atom stereocenters. The van der Waals surface area contributed by atoms with Gasteiger partial charge in [-0.25, -0.2) is 0 Å². The maximum absolute atomic E-state index is 10.2. The standard InChI is InChI=1S/C12H12O/c13-8-2-3-10-6-7-11-4-1-5-12(11)9-10/h1,5-9H,2-4H2. The van der Waals surface area contributed by atoms with Crippen molar-refractivity contribution >= 4 is 12.4 Å². The second kappa shape index (κ2) is 3.56. The Morgan fingerprint density at radius 1 is 1.38 bits per heavy atom. The minimum absolute atomic E-state index is 0.627. The molecular weight excluding hydrogens is 160 g/mol. The van der Waals surface area contributed by atoms with Crippen molar-refractivity contribution in [3.05, 3.63) is 41.0 Å². The monoisotopic (exact) mass is 172 g/mol. The molecule has 0 aliphatic heterocycles. The smallest absolute Gasteiger partial charge is 0.120 e. The summed E-state index contributed by atoms with van der Waals surface area (Å²) >= 11 is 0. The zero-order valence-corrected chi connectivity index (χ0v) is 7.49. The summed E-state index contributed by atoms with van der Waals surface area (Å²) in [4.78, 5) is 10.2. The molecule has 0 amide bonds. The summed E-state index contributed by atoms with van der Waals surface area (Å²) in [5, 5.41) is 0. The number of hydrogen-bond donors (Lipinski definition) is 0. The van der Waals surface area contributed by atoms with Crippen LogP contribution in [0, 0.1) is 0 Å². The Kier molecular flexibility index (Phi) is 2.26. The predicted octanol–water partition coefficient (Wildman–Crippen LogP) is 2.39. The van der Waals surface area contributed by atoms with Crippen LogP contribution in [-0.2, 0) is 17.6 Å². The number of fused-ring (bicyclic) bond motifs is 1. The summed E-state index contributed by atoms with van der Waals surface area (Å²) in [6, 6.07) is 6.47. The summed E-state index contributed by atoms with van der Waals surface area (Å²) in [6.07, 6.45) is 7.85. The highest BCUT2D eigenvalue weighted by atomic mass is 16.1. The third-order valence-corrected chi connectivity index (χ3v) is 2.40. The van der Waals surface area contributed by atoms with Gasteiger partial charge in [-0.3, -0.25) is 0 Å². The van der Waals surface area contributed by atoms with Gasteiger partial charge >= 0.3 is 0 Å². The normalized spacial score (nSPS) is 12.9. The van der Waals surface area contributed by atoms with E-state index in [-0.39, 0.29) is 0 Å². The van der Waals surface area contributed by atoms with Crippen LogP contribution in [-0.4, -0.2) is 6.29 Å². The van der Waals surface area contributed by atoms with Gasteiger partial charge in [0.2, 0.25) is 0 Å². The van der Waals surface area contributed by atoms with Crippen molar-refractivity contribution in [1.29, 1.82) is 0 Å². The van der Waals surface area contributed by atoms with Crippen molar-refractivity contribution < 1.29 is 4.79 Å². The average Bonchev–Trinajstić information content (AvgIpc) is 2.61. The van der Waals surface area contributed by atoms with E-state index in [0.717, 1.165) is 19.1 Å². The average molecular weight is 172 g/mol. The van der Waals surface area contributed by atoms with E-state index in [1.807, 2.05) is 0 Å². The second-order valence-electron chi connectivity index (χ2n) is 3.35. The molecule has 0 bridgehead atoms. The van der Waals surface area contributed by atoms with E-state index >= 15 is 0 Å². The third kappa shape index (κ3) is 1.69. The summed E-state index contributed by atoms with van der Waals surface area (Å²) < 4.78 is 0. The van der Waals surface area contributed by atoms with Crippen LogP contribution >= 0.6 is 0 Å². The first-order valence-corrected chi connectivity index (χ1v) is 4.62. The van der Waals surface area contributed by atoms with Gasteiger partial charge in [-0.2, -0.15) is 0 Å². The molecule has 0 aromatic heterocycles. The Bertz CT molecular complexity index is 350. The van der Waals surface area contributed by atoms with Crippen LogP contribution in [0.3, 0.4) is 0 Å². The maximum atomic E-state index is 10.2. The molecule has 2 rings (SSSR count). The van der Waals surface area contributed by atoms with E-state index in [4.69, 9.17) is 0 Å².